The van der Waals surface area contributed by atoms with E-state index in [0.717, 1.165) is 0 Å². The molecule has 0 aliphatic carbocycles. The Bertz CT molecular complexity index is 1130. The number of amides is 3. The molecule has 31 heavy (non-hydrogen) atoms. The predicted molar refractivity (Wildman–Crippen MR) is 115 cm³/mol. The van der Waals surface area contributed by atoms with Crippen LogP contribution in [0, 0.1) is 0 Å². The number of anilines is 1. The van der Waals surface area contributed by atoms with Crippen molar-refractivity contribution in [3.05, 3.63) is 89.0 Å². The van der Waals surface area contributed by atoms with Crippen LogP contribution in [0.1, 0.15) is 36.6 Å². The molecule has 7 heteroatoms. The van der Waals surface area contributed by atoms with Crippen LogP contribution in [0.4, 0.5) is 5.69 Å². The van der Waals surface area contributed by atoms with Crippen LogP contribution in [0.5, 0.6) is 11.5 Å². The summed E-state index contributed by atoms with van der Waals surface area (Å²) in [5.74, 6) is 0.0976. The number of benzene rings is 3. The number of methoxy groups -OCH3 is 2. The van der Waals surface area contributed by atoms with E-state index in [1.54, 1.807) is 66.7 Å². The fraction of sp³-hybridized carbons (Fsp3) is 0.125. The lowest BCUT2D eigenvalue weighted by molar-refractivity contribution is 0.0642. The highest BCUT2D eigenvalue weighted by molar-refractivity contribution is 6.21. The van der Waals surface area contributed by atoms with Gasteiger partial charge in [-0.1, -0.05) is 24.3 Å². The van der Waals surface area contributed by atoms with E-state index in [4.69, 9.17) is 9.47 Å². The third kappa shape index (κ3) is 3.98. The summed E-state index contributed by atoms with van der Waals surface area (Å²) in [5, 5.41) is 2.81. The van der Waals surface area contributed by atoms with E-state index in [1.807, 2.05) is 0 Å². The number of nitrogens with one attached hydrogen (secondary N) is 1. The highest BCUT2D eigenvalue weighted by Crippen LogP contribution is 2.27. The number of fused-ring (bicyclic) bond motifs is 1. The van der Waals surface area contributed by atoms with Gasteiger partial charge in [0.05, 0.1) is 31.9 Å². The summed E-state index contributed by atoms with van der Waals surface area (Å²) in [7, 11) is 3.06. The van der Waals surface area contributed by atoms with Gasteiger partial charge in [0.25, 0.3) is 17.7 Å². The van der Waals surface area contributed by atoms with Gasteiger partial charge >= 0.3 is 0 Å². The normalized spacial score (nSPS) is 12.5. The summed E-state index contributed by atoms with van der Waals surface area (Å²) in [4.78, 5) is 39.1. The van der Waals surface area contributed by atoms with Crippen molar-refractivity contribution in [3.8, 4) is 11.5 Å². The number of imide groups is 1. The molecule has 3 aromatic carbocycles. The first-order valence-corrected chi connectivity index (χ1v) is 9.58. The second-order valence-corrected chi connectivity index (χ2v) is 7.00. The standard InChI is InChI=1S/C24H20N2O5/c1-30-18-11-17(12-19(13-18)31-2)25-22(27)16-7-5-6-15(10-16)14-26-23(28)20-8-3-4-9-21(20)24(26)29/h3-13H,14H2,1-2H3,(H,25,27). The Balaban J connectivity index is 1.52. The third-order valence-electron chi connectivity index (χ3n) is 5.02. The predicted octanol–water partition coefficient (Wildman–Crippen LogP) is 3.75. The third-order valence-corrected chi connectivity index (χ3v) is 5.02. The Morgan fingerprint density at radius 3 is 2.03 bits per heavy atom. The van der Waals surface area contributed by atoms with Gasteiger partial charge in [-0.15, -0.1) is 0 Å². The molecule has 1 aliphatic rings. The molecule has 3 amide bonds. The fourth-order valence-corrected chi connectivity index (χ4v) is 3.46. The molecule has 156 valence electrons. The van der Waals surface area contributed by atoms with Crippen molar-refractivity contribution in [2.75, 3.05) is 19.5 Å². The average Bonchev–Trinajstić information content (AvgIpc) is 3.04. The van der Waals surface area contributed by atoms with Crippen LogP contribution < -0.4 is 14.8 Å². The lowest BCUT2D eigenvalue weighted by Crippen LogP contribution is -2.29. The maximum Gasteiger partial charge on any atom is 0.261 e. The van der Waals surface area contributed by atoms with Crippen LogP contribution in [0.25, 0.3) is 0 Å². The summed E-state index contributed by atoms with van der Waals surface area (Å²) >= 11 is 0. The zero-order chi connectivity index (χ0) is 22.0. The smallest absolute Gasteiger partial charge is 0.261 e. The lowest BCUT2D eigenvalue weighted by Gasteiger charge is -2.15. The van der Waals surface area contributed by atoms with Gasteiger partial charge in [0, 0.05) is 29.4 Å². The largest absolute Gasteiger partial charge is 0.497 e. The topological polar surface area (TPSA) is 84.9 Å². The number of hydrogen-bond acceptors (Lipinski definition) is 5. The minimum absolute atomic E-state index is 0.0838. The van der Waals surface area contributed by atoms with Gasteiger partial charge in [0.1, 0.15) is 11.5 Å². The summed E-state index contributed by atoms with van der Waals surface area (Å²) in [6.45, 7) is 0.0838. The molecule has 0 aromatic heterocycles. The van der Waals surface area contributed by atoms with Gasteiger partial charge in [-0.3, -0.25) is 19.3 Å². The molecule has 0 atom stereocenters. The van der Waals surface area contributed by atoms with E-state index in [9.17, 15) is 14.4 Å². The molecule has 3 aromatic rings. The van der Waals surface area contributed by atoms with Gasteiger partial charge in [0.15, 0.2) is 0 Å². The van der Waals surface area contributed by atoms with Crippen molar-refractivity contribution in [1.29, 1.82) is 0 Å². The molecule has 0 saturated heterocycles. The first kappa shape index (κ1) is 20.2. The van der Waals surface area contributed by atoms with E-state index in [-0.39, 0.29) is 24.3 Å². The molecule has 1 aliphatic heterocycles. The van der Waals surface area contributed by atoms with Crippen LogP contribution in [0.3, 0.4) is 0 Å². The number of carbonyl (C=O) groups excluding carboxylic acids is 3. The quantitative estimate of drug-likeness (QED) is 0.619. The first-order valence-electron chi connectivity index (χ1n) is 9.58. The monoisotopic (exact) mass is 416 g/mol. The fourth-order valence-electron chi connectivity index (χ4n) is 3.46. The molecule has 7 nitrogen and oxygen atoms in total. The molecule has 1 N–H and O–H groups in total. The summed E-state index contributed by atoms with van der Waals surface area (Å²) in [6.07, 6.45) is 0. The second kappa shape index (κ2) is 8.31. The summed E-state index contributed by atoms with van der Waals surface area (Å²) < 4.78 is 10.4. The zero-order valence-corrected chi connectivity index (χ0v) is 17.0. The van der Waals surface area contributed by atoms with E-state index >= 15 is 0 Å². The number of ether oxygens (including phenoxy) is 2. The molecule has 0 radical (unpaired) electrons. The van der Waals surface area contributed by atoms with E-state index in [1.165, 1.54) is 19.1 Å². The minimum atomic E-state index is -0.334. The molecule has 4 rings (SSSR count). The van der Waals surface area contributed by atoms with E-state index in [2.05, 4.69) is 5.32 Å². The molecule has 1 heterocycles. The highest BCUT2D eigenvalue weighted by atomic mass is 16.5. The first-order chi connectivity index (χ1) is 15.0. The SMILES string of the molecule is COc1cc(NC(=O)c2cccc(CN3C(=O)c4ccccc4C3=O)c2)cc(OC)c1. The molecule has 0 bridgehead atoms. The van der Waals surface area contributed by atoms with Crippen LogP contribution in [-0.2, 0) is 6.54 Å². The molecule has 0 fully saturated rings. The molecular formula is C24H20N2O5. The molecule has 0 saturated carbocycles. The number of carbonyl (C=O) groups is 3. The summed E-state index contributed by atoms with van der Waals surface area (Å²) in [5.41, 5.74) is 2.38. The Morgan fingerprint density at radius 2 is 1.45 bits per heavy atom. The van der Waals surface area contributed by atoms with Gasteiger partial charge in [-0.2, -0.15) is 0 Å². The van der Waals surface area contributed by atoms with Crippen molar-refractivity contribution in [3.63, 3.8) is 0 Å². The zero-order valence-electron chi connectivity index (χ0n) is 17.0. The Labute approximate surface area is 179 Å². The minimum Gasteiger partial charge on any atom is -0.497 e. The van der Waals surface area contributed by atoms with Gasteiger partial charge in [-0.05, 0) is 29.8 Å². The van der Waals surface area contributed by atoms with Crippen LogP contribution in [-0.4, -0.2) is 36.8 Å². The average molecular weight is 416 g/mol. The van der Waals surface area contributed by atoms with Crippen molar-refractivity contribution in [1.82, 2.24) is 4.90 Å². The number of rotatable bonds is 6. The van der Waals surface area contributed by atoms with E-state index < -0.39 is 0 Å². The van der Waals surface area contributed by atoms with Crippen molar-refractivity contribution in [2.45, 2.75) is 6.54 Å². The summed E-state index contributed by atoms with van der Waals surface area (Å²) in [6, 6.07) is 18.6. The maximum absolute atomic E-state index is 12.8. The molecular weight excluding hydrogens is 396 g/mol. The van der Waals surface area contributed by atoms with Gasteiger partial charge in [0.2, 0.25) is 0 Å². The van der Waals surface area contributed by atoms with Crippen molar-refractivity contribution < 1.29 is 23.9 Å². The maximum atomic E-state index is 12.8. The highest BCUT2D eigenvalue weighted by Gasteiger charge is 2.34. The van der Waals surface area contributed by atoms with Crippen LogP contribution >= 0.6 is 0 Å². The number of nitrogens with zero attached hydrogens (tertiary/aromatic N) is 1. The van der Waals surface area contributed by atoms with Gasteiger partial charge in [-0.25, -0.2) is 0 Å². The number of hydrogen-bond donors (Lipinski definition) is 1. The van der Waals surface area contributed by atoms with Gasteiger partial charge < -0.3 is 14.8 Å². The lowest BCUT2D eigenvalue weighted by atomic mass is 10.1. The van der Waals surface area contributed by atoms with E-state index in [0.29, 0.717) is 39.4 Å². The Morgan fingerprint density at radius 1 is 0.839 bits per heavy atom. The Hall–Kier alpha value is -4.13. The van der Waals surface area contributed by atoms with Crippen molar-refractivity contribution >= 4 is 23.4 Å². The molecule has 0 unspecified atom stereocenters. The van der Waals surface area contributed by atoms with Crippen LogP contribution in [0.2, 0.25) is 0 Å². The Kier molecular flexibility index (Phi) is 5.41. The van der Waals surface area contributed by atoms with Crippen molar-refractivity contribution in [2.24, 2.45) is 0 Å². The van der Waals surface area contributed by atoms with Crippen LogP contribution in [0.15, 0.2) is 66.7 Å². The molecule has 0 spiro atoms. The second-order valence-electron chi connectivity index (χ2n) is 7.00.